The molecule has 0 aromatic carbocycles. The van der Waals surface area contributed by atoms with E-state index in [1.807, 2.05) is 0 Å². The lowest BCUT2D eigenvalue weighted by molar-refractivity contribution is -0.118. The Bertz CT molecular complexity index is 527. The largest absolute Gasteiger partial charge is 0.360 e. The second kappa shape index (κ2) is 10.4. The predicted molar refractivity (Wildman–Crippen MR) is 96.0 cm³/mol. The number of aryl methyl sites for hydroxylation is 1. The third kappa shape index (κ3) is 7.38. The van der Waals surface area contributed by atoms with E-state index in [9.17, 15) is 9.59 Å². The monoisotopic (exact) mass is 353 g/mol. The molecule has 2 N–H and O–H groups in total. The molecule has 0 spiro atoms. The van der Waals surface area contributed by atoms with E-state index < -0.39 is 0 Å². The second-order valence-electron chi connectivity index (χ2n) is 6.36. The van der Waals surface area contributed by atoms with E-state index >= 15 is 0 Å². The van der Waals surface area contributed by atoms with Crippen molar-refractivity contribution in [2.24, 2.45) is 5.92 Å². The van der Waals surface area contributed by atoms with E-state index in [4.69, 9.17) is 4.52 Å². The van der Waals surface area contributed by atoms with E-state index in [0.29, 0.717) is 17.3 Å². The van der Waals surface area contributed by atoms with Crippen LogP contribution in [0.2, 0.25) is 0 Å². The first-order valence-electron chi connectivity index (χ1n) is 8.71. The van der Waals surface area contributed by atoms with Crippen LogP contribution in [0.4, 0.5) is 5.82 Å². The number of carbonyl (C=O) groups excluding carboxylic acids is 2. The maximum Gasteiger partial charge on any atom is 0.235 e. The minimum Gasteiger partial charge on any atom is -0.360 e. The van der Waals surface area contributed by atoms with Crippen LogP contribution in [-0.4, -0.2) is 35.0 Å². The van der Waals surface area contributed by atoms with E-state index in [0.717, 1.165) is 18.9 Å². The maximum atomic E-state index is 11.7. The smallest absolute Gasteiger partial charge is 0.235 e. The van der Waals surface area contributed by atoms with E-state index in [-0.39, 0.29) is 17.6 Å². The zero-order valence-corrected chi connectivity index (χ0v) is 15.1. The molecule has 24 heavy (non-hydrogen) atoms. The number of aromatic nitrogens is 1. The topological polar surface area (TPSA) is 84.2 Å². The molecular formula is C17H27N3O3S. The predicted octanol–water partition coefficient (Wildman–Crippen LogP) is 3.13. The summed E-state index contributed by atoms with van der Waals surface area (Å²) in [4.78, 5) is 23.4. The van der Waals surface area contributed by atoms with Gasteiger partial charge < -0.3 is 15.2 Å². The van der Waals surface area contributed by atoms with Gasteiger partial charge in [-0.2, -0.15) is 0 Å². The van der Waals surface area contributed by atoms with Gasteiger partial charge in [0.15, 0.2) is 5.82 Å². The van der Waals surface area contributed by atoms with Crippen molar-refractivity contribution in [1.29, 1.82) is 0 Å². The fourth-order valence-corrected chi connectivity index (χ4v) is 3.63. The summed E-state index contributed by atoms with van der Waals surface area (Å²) in [7, 11) is 0. The molecule has 0 unspecified atom stereocenters. The Morgan fingerprint density at radius 3 is 2.71 bits per heavy atom. The molecule has 1 saturated carbocycles. The van der Waals surface area contributed by atoms with Gasteiger partial charge in [-0.25, -0.2) is 0 Å². The van der Waals surface area contributed by atoms with Gasteiger partial charge in [-0.05, 0) is 25.7 Å². The summed E-state index contributed by atoms with van der Waals surface area (Å²) in [6.45, 7) is 2.50. The molecule has 2 amide bonds. The molecule has 0 radical (unpaired) electrons. The number of carbonyl (C=O) groups is 2. The van der Waals surface area contributed by atoms with E-state index in [1.54, 1.807) is 13.0 Å². The van der Waals surface area contributed by atoms with Gasteiger partial charge in [-0.1, -0.05) is 37.3 Å². The number of anilines is 1. The number of nitrogens with zero attached hydrogens (tertiary/aromatic N) is 1. The minimum atomic E-state index is -0.182. The van der Waals surface area contributed by atoms with Crippen LogP contribution in [0.3, 0.4) is 0 Å². The lowest BCUT2D eigenvalue weighted by Crippen LogP contribution is -2.27. The molecule has 0 atom stereocenters. The van der Waals surface area contributed by atoms with Gasteiger partial charge in [0.2, 0.25) is 11.8 Å². The summed E-state index contributed by atoms with van der Waals surface area (Å²) < 4.78 is 4.87. The number of nitrogens with one attached hydrogen (secondary N) is 2. The maximum absolute atomic E-state index is 11.7. The Morgan fingerprint density at radius 2 is 2.00 bits per heavy atom. The van der Waals surface area contributed by atoms with Crippen molar-refractivity contribution >= 4 is 29.4 Å². The van der Waals surface area contributed by atoms with Crippen LogP contribution < -0.4 is 10.6 Å². The van der Waals surface area contributed by atoms with Crippen LogP contribution in [0, 0.1) is 12.8 Å². The fourth-order valence-electron chi connectivity index (χ4n) is 2.99. The standard InChI is InChI=1S/C17H27N3O3S/c1-13-10-15(20-23-13)19-17(22)12-24-11-16(21)18-9-5-8-14-6-3-2-4-7-14/h10,14H,2-9,11-12H2,1H3,(H,18,21)(H,19,20,22). The quantitative estimate of drug-likeness (QED) is 0.666. The third-order valence-corrected chi connectivity index (χ3v) is 5.13. The van der Waals surface area contributed by atoms with Crippen LogP contribution in [0.1, 0.15) is 50.7 Å². The van der Waals surface area contributed by atoms with Gasteiger partial charge in [-0.15, -0.1) is 11.8 Å². The highest BCUT2D eigenvalue weighted by molar-refractivity contribution is 8.00. The fraction of sp³-hybridized carbons (Fsp3) is 0.706. The van der Waals surface area contributed by atoms with Gasteiger partial charge in [0.05, 0.1) is 11.5 Å². The first-order valence-corrected chi connectivity index (χ1v) is 9.86. The van der Waals surface area contributed by atoms with Crippen LogP contribution >= 0.6 is 11.8 Å². The number of thioether (sulfide) groups is 1. The van der Waals surface area contributed by atoms with Gasteiger partial charge in [0.1, 0.15) is 5.76 Å². The third-order valence-electron chi connectivity index (χ3n) is 4.20. The number of amides is 2. The minimum absolute atomic E-state index is 0.00581. The summed E-state index contributed by atoms with van der Waals surface area (Å²) in [5.41, 5.74) is 0. The molecule has 6 nitrogen and oxygen atoms in total. The lowest BCUT2D eigenvalue weighted by atomic mass is 9.86. The van der Waals surface area contributed by atoms with Crippen LogP contribution in [0.5, 0.6) is 0 Å². The molecule has 0 saturated heterocycles. The van der Waals surface area contributed by atoms with E-state index in [2.05, 4.69) is 15.8 Å². The first-order chi connectivity index (χ1) is 11.6. The molecule has 0 aliphatic heterocycles. The molecule has 1 fully saturated rings. The molecule has 1 heterocycles. The van der Waals surface area contributed by atoms with Crippen molar-refractivity contribution in [2.75, 3.05) is 23.4 Å². The molecule has 1 aromatic rings. The molecule has 134 valence electrons. The Kier molecular flexibility index (Phi) is 8.15. The SMILES string of the molecule is Cc1cc(NC(=O)CSCC(=O)NCCCC2CCCCC2)no1. The van der Waals surface area contributed by atoms with Crippen molar-refractivity contribution in [2.45, 2.75) is 51.9 Å². The zero-order valence-electron chi connectivity index (χ0n) is 14.3. The molecule has 1 aromatic heterocycles. The number of rotatable bonds is 9. The second-order valence-corrected chi connectivity index (χ2v) is 7.35. The van der Waals surface area contributed by atoms with Crippen molar-refractivity contribution in [1.82, 2.24) is 10.5 Å². The number of hydrogen-bond acceptors (Lipinski definition) is 5. The Labute approximate surface area is 147 Å². The van der Waals surface area contributed by atoms with Crippen LogP contribution in [-0.2, 0) is 9.59 Å². The Hall–Kier alpha value is -1.50. The molecule has 0 bridgehead atoms. The summed E-state index contributed by atoms with van der Waals surface area (Å²) in [6, 6.07) is 1.65. The highest BCUT2D eigenvalue weighted by Gasteiger charge is 2.13. The van der Waals surface area contributed by atoms with Crippen molar-refractivity contribution in [3.63, 3.8) is 0 Å². The van der Waals surface area contributed by atoms with Gasteiger partial charge in [0.25, 0.3) is 0 Å². The summed E-state index contributed by atoms with van der Waals surface area (Å²) in [5.74, 6) is 2.24. The molecule has 1 aliphatic carbocycles. The first kappa shape index (κ1) is 18.8. The van der Waals surface area contributed by atoms with Gasteiger partial charge in [-0.3, -0.25) is 9.59 Å². The van der Waals surface area contributed by atoms with Crippen LogP contribution in [0.15, 0.2) is 10.6 Å². The molecule has 1 aliphatic rings. The highest BCUT2D eigenvalue weighted by atomic mass is 32.2. The molecule has 7 heteroatoms. The normalized spacial score (nSPS) is 15.2. The summed E-state index contributed by atoms with van der Waals surface area (Å²) >= 11 is 1.30. The van der Waals surface area contributed by atoms with Crippen molar-refractivity contribution in [3.8, 4) is 0 Å². The summed E-state index contributed by atoms with van der Waals surface area (Å²) in [5, 5.41) is 9.25. The van der Waals surface area contributed by atoms with Crippen molar-refractivity contribution < 1.29 is 14.1 Å². The zero-order chi connectivity index (χ0) is 17.2. The average Bonchev–Trinajstić information content (AvgIpc) is 2.97. The number of hydrogen-bond donors (Lipinski definition) is 2. The Balaban J connectivity index is 1.47. The highest BCUT2D eigenvalue weighted by Crippen LogP contribution is 2.26. The average molecular weight is 353 g/mol. The molecule has 2 rings (SSSR count). The molecular weight excluding hydrogens is 326 g/mol. The Morgan fingerprint density at radius 1 is 1.25 bits per heavy atom. The van der Waals surface area contributed by atoms with Gasteiger partial charge >= 0.3 is 0 Å². The van der Waals surface area contributed by atoms with Gasteiger partial charge in [0, 0.05) is 12.6 Å². The van der Waals surface area contributed by atoms with Crippen LogP contribution in [0.25, 0.3) is 0 Å². The van der Waals surface area contributed by atoms with E-state index in [1.165, 1.54) is 50.3 Å². The summed E-state index contributed by atoms with van der Waals surface area (Å²) in [6.07, 6.45) is 9.08. The lowest BCUT2D eigenvalue weighted by Gasteiger charge is -2.21. The van der Waals surface area contributed by atoms with Crippen molar-refractivity contribution in [3.05, 3.63) is 11.8 Å².